The summed E-state index contributed by atoms with van der Waals surface area (Å²) in [5.74, 6) is 0.923. The molecule has 1 N–H and O–H groups in total. The van der Waals surface area contributed by atoms with Crippen molar-refractivity contribution in [3.63, 3.8) is 0 Å². The van der Waals surface area contributed by atoms with Crippen LogP contribution in [0.15, 0.2) is 6.33 Å². The van der Waals surface area contributed by atoms with Gasteiger partial charge in [0.05, 0.1) is 6.04 Å². The van der Waals surface area contributed by atoms with Crippen molar-refractivity contribution in [3.05, 3.63) is 12.2 Å². The molecule has 1 fully saturated rings. The molecule has 1 aliphatic rings. The van der Waals surface area contributed by atoms with Crippen LogP contribution in [0.2, 0.25) is 0 Å². The Labute approximate surface area is 139 Å². The van der Waals surface area contributed by atoms with E-state index in [1.54, 1.807) is 6.33 Å². The van der Waals surface area contributed by atoms with E-state index in [1.165, 1.54) is 38.8 Å². The number of nitrogens with zero attached hydrogens (tertiary/aromatic N) is 4. The van der Waals surface area contributed by atoms with Gasteiger partial charge in [-0.15, -0.1) is 10.2 Å². The molecule has 2 rings (SSSR count). The first kappa shape index (κ1) is 17.9. The number of hydrogen-bond donors (Lipinski definition) is 1. The second kappa shape index (κ2) is 9.01. The molecular weight excluding hydrogens is 290 g/mol. The third-order valence-corrected chi connectivity index (χ3v) is 4.50. The topological polar surface area (TPSA) is 63.1 Å². The Balaban J connectivity index is 1.72. The van der Waals surface area contributed by atoms with E-state index in [0.29, 0.717) is 12.5 Å². The Bertz CT molecular complexity index is 477. The second-order valence-corrected chi connectivity index (χ2v) is 6.84. The molecule has 0 aromatic carbocycles. The summed E-state index contributed by atoms with van der Waals surface area (Å²) in [7, 11) is 0. The quantitative estimate of drug-likeness (QED) is 0.838. The highest BCUT2D eigenvalue weighted by atomic mass is 16.1. The molecule has 23 heavy (non-hydrogen) atoms. The van der Waals surface area contributed by atoms with Gasteiger partial charge in [0.25, 0.3) is 0 Å². The highest BCUT2D eigenvalue weighted by Gasteiger charge is 2.17. The Hall–Kier alpha value is -1.43. The van der Waals surface area contributed by atoms with E-state index in [9.17, 15) is 4.79 Å². The molecule has 0 spiro atoms. The van der Waals surface area contributed by atoms with E-state index >= 15 is 0 Å². The van der Waals surface area contributed by atoms with Gasteiger partial charge in [0.15, 0.2) is 5.82 Å². The highest BCUT2D eigenvalue weighted by Crippen LogP contribution is 2.14. The van der Waals surface area contributed by atoms with Gasteiger partial charge in [-0.2, -0.15) is 0 Å². The first-order chi connectivity index (χ1) is 11.1. The van der Waals surface area contributed by atoms with Crippen molar-refractivity contribution in [2.45, 2.75) is 71.4 Å². The minimum absolute atomic E-state index is 0.102. The predicted octanol–water partition coefficient (Wildman–Crippen LogP) is 2.69. The molecule has 1 amide bonds. The number of amides is 1. The second-order valence-electron chi connectivity index (χ2n) is 6.84. The standard InChI is InChI=1S/C17H31N5O/c1-14(2)22-13-18-20-17(22)15(3)19-16(23)9-8-12-21-10-6-4-5-7-11-21/h13-15H,4-12H2,1-3H3,(H,19,23)/t15-/m1/s1. The predicted molar refractivity (Wildman–Crippen MR) is 91.1 cm³/mol. The van der Waals surface area contributed by atoms with E-state index in [-0.39, 0.29) is 11.9 Å². The summed E-state index contributed by atoms with van der Waals surface area (Å²) in [5.41, 5.74) is 0. The van der Waals surface area contributed by atoms with Crippen molar-refractivity contribution >= 4 is 5.91 Å². The number of carbonyl (C=O) groups excluding carboxylic acids is 1. The van der Waals surface area contributed by atoms with Crippen LogP contribution in [-0.4, -0.2) is 45.2 Å². The smallest absolute Gasteiger partial charge is 0.220 e. The van der Waals surface area contributed by atoms with Crippen LogP contribution in [0.3, 0.4) is 0 Å². The Morgan fingerprint density at radius 1 is 1.22 bits per heavy atom. The lowest BCUT2D eigenvalue weighted by Gasteiger charge is -2.20. The van der Waals surface area contributed by atoms with Gasteiger partial charge in [0, 0.05) is 12.5 Å². The normalized spacial score (nSPS) is 17.9. The first-order valence-electron chi connectivity index (χ1n) is 8.99. The number of likely N-dealkylation sites (tertiary alicyclic amines) is 1. The molecule has 1 aromatic heterocycles. The van der Waals surface area contributed by atoms with Gasteiger partial charge in [0.2, 0.25) is 5.91 Å². The van der Waals surface area contributed by atoms with E-state index < -0.39 is 0 Å². The van der Waals surface area contributed by atoms with Gasteiger partial charge in [-0.25, -0.2) is 0 Å². The van der Waals surface area contributed by atoms with Crippen molar-refractivity contribution in [1.29, 1.82) is 0 Å². The number of nitrogens with one attached hydrogen (secondary N) is 1. The summed E-state index contributed by atoms with van der Waals surface area (Å²) >= 11 is 0. The van der Waals surface area contributed by atoms with E-state index in [1.807, 2.05) is 11.5 Å². The molecule has 2 heterocycles. The molecule has 0 unspecified atom stereocenters. The average Bonchev–Trinajstić information content (AvgIpc) is 2.86. The molecule has 0 aliphatic carbocycles. The minimum atomic E-state index is -0.106. The molecule has 1 saturated heterocycles. The zero-order chi connectivity index (χ0) is 16.7. The van der Waals surface area contributed by atoms with Gasteiger partial charge in [-0.1, -0.05) is 12.8 Å². The molecule has 0 bridgehead atoms. The third kappa shape index (κ3) is 5.61. The monoisotopic (exact) mass is 321 g/mol. The number of carbonyl (C=O) groups is 1. The minimum Gasteiger partial charge on any atom is -0.346 e. The first-order valence-corrected chi connectivity index (χ1v) is 8.99. The van der Waals surface area contributed by atoms with Gasteiger partial charge in [-0.05, 0) is 59.7 Å². The Morgan fingerprint density at radius 2 is 1.91 bits per heavy atom. The number of hydrogen-bond acceptors (Lipinski definition) is 4. The van der Waals surface area contributed by atoms with Crippen molar-refractivity contribution in [1.82, 2.24) is 25.0 Å². The van der Waals surface area contributed by atoms with Crippen LogP contribution in [0, 0.1) is 0 Å². The molecule has 1 atom stereocenters. The van der Waals surface area contributed by atoms with Gasteiger partial charge < -0.3 is 14.8 Å². The van der Waals surface area contributed by atoms with E-state index in [0.717, 1.165) is 18.8 Å². The maximum atomic E-state index is 12.2. The van der Waals surface area contributed by atoms with E-state index in [4.69, 9.17) is 0 Å². The van der Waals surface area contributed by atoms with E-state index in [2.05, 4.69) is 34.3 Å². The van der Waals surface area contributed by atoms with Crippen molar-refractivity contribution in [3.8, 4) is 0 Å². The molecular formula is C17H31N5O. The molecule has 0 radical (unpaired) electrons. The molecule has 1 aromatic rings. The van der Waals surface area contributed by atoms with Crippen molar-refractivity contribution in [2.75, 3.05) is 19.6 Å². The number of rotatable bonds is 7. The van der Waals surface area contributed by atoms with Gasteiger partial charge >= 0.3 is 0 Å². The largest absolute Gasteiger partial charge is 0.346 e. The van der Waals surface area contributed by atoms with Crippen LogP contribution in [-0.2, 0) is 4.79 Å². The summed E-state index contributed by atoms with van der Waals surface area (Å²) in [6.07, 6.45) is 8.53. The summed E-state index contributed by atoms with van der Waals surface area (Å²) in [6, 6.07) is 0.188. The maximum Gasteiger partial charge on any atom is 0.220 e. The van der Waals surface area contributed by atoms with Crippen LogP contribution in [0.4, 0.5) is 0 Å². The zero-order valence-corrected chi connectivity index (χ0v) is 14.8. The fourth-order valence-electron chi connectivity index (χ4n) is 3.16. The Kier molecular flexibility index (Phi) is 7.02. The SMILES string of the molecule is CC(C)n1cnnc1[C@@H](C)NC(=O)CCCN1CCCCCC1. The molecule has 6 nitrogen and oxygen atoms in total. The van der Waals surface area contributed by atoms with Crippen molar-refractivity contribution in [2.24, 2.45) is 0 Å². The average molecular weight is 321 g/mol. The lowest BCUT2D eigenvalue weighted by molar-refractivity contribution is -0.122. The molecule has 6 heteroatoms. The third-order valence-electron chi connectivity index (χ3n) is 4.50. The van der Waals surface area contributed by atoms with Crippen LogP contribution < -0.4 is 5.32 Å². The maximum absolute atomic E-state index is 12.2. The zero-order valence-electron chi connectivity index (χ0n) is 14.8. The summed E-state index contributed by atoms with van der Waals surface area (Å²) in [6.45, 7) is 9.55. The van der Waals surface area contributed by atoms with Gasteiger partial charge in [0.1, 0.15) is 6.33 Å². The molecule has 1 aliphatic heterocycles. The summed E-state index contributed by atoms with van der Waals surface area (Å²) in [5, 5.41) is 11.2. The molecule has 130 valence electrons. The lowest BCUT2D eigenvalue weighted by atomic mass is 10.2. The highest BCUT2D eigenvalue weighted by molar-refractivity contribution is 5.76. The summed E-state index contributed by atoms with van der Waals surface area (Å²) < 4.78 is 2.00. The summed E-state index contributed by atoms with van der Waals surface area (Å²) in [4.78, 5) is 14.7. The fourth-order valence-corrected chi connectivity index (χ4v) is 3.16. The van der Waals surface area contributed by atoms with Crippen LogP contribution in [0.25, 0.3) is 0 Å². The number of aromatic nitrogens is 3. The lowest BCUT2D eigenvalue weighted by Crippen LogP contribution is -2.30. The molecule has 0 saturated carbocycles. The van der Waals surface area contributed by atoms with Gasteiger partial charge in [-0.3, -0.25) is 4.79 Å². The van der Waals surface area contributed by atoms with Crippen LogP contribution >= 0.6 is 0 Å². The van der Waals surface area contributed by atoms with Crippen molar-refractivity contribution < 1.29 is 4.79 Å². The van der Waals surface area contributed by atoms with Crippen LogP contribution in [0.5, 0.6) is 0 Å². The fraction of sp³-hybridized carbons (Fsp3) is 0.824. The Morgan fingerprint density at radius 3 is 2.57 bits per heavy atom. The van der Waals surface area contributed by atoms with Crippen LogP contribution in [0.1, 0.15) is 77.2 Å².